The second-order valence-corrected chi connectivity index (χ2v) is 11.7. The summed E-state index contributed by atoms with van der Waals surface area (Å²) in [5.74, 6) is -2.45. The van der Waals surface area contributed by atoms with Crippen molar-refractivity contribution < 1.29 is 33.8 Å². The van der Waals surface area contributed by atoms with Crippen LogP contribution < -0.4 is 32.3 Å². The van der Waals surface area contributed by atoms with Gasteiger partial charge in [-0.2, -0.15) is 0 Å². The third kappa shape index (κ3) is 15.0. The number of ether oxygens (including phenoxy) is 1. The van der Waals surface area contributed by atoms with E-state index < -0.39 is 42.1 Å². The Labute approximate surface area is 276 Å². The number of urea groups is 1. The molecular formula is C34H50N6O7. The standard InChI is InChI=1S/C34H50N6O7/c1-23(2)29(31(42)37-24(3)26-16-8-5-9-17-26)40-30(41)27(38-33(45)39-28(32(43)44)19-10-12-20-35)18-11-13-21-36-34(46)47-22-25-14-6-4-7-15-25/h4-9,14-17,23-24,27-29H,10-13,18-22,35H2,1-3H3,(H,36,46)(H,37,42)(H,40,41)(H,43,44)(H2,38,39,45)/t24-,27-,28+,29+/m1/s1. The fraction of sp³-hybridized carbons (Fsp3) is 0.500. The summed E-state index contributed by atoms with van der Waals surface area (Å²) in [7, 11) is 0. The monoisotopic (exact) mass is 654 g/mol. The van der Waals surface area contributed by atoms with E-state index in [4.69, 9.17) is 10.5 Å². The van der Waals surface area contributed by atoms with Crippen LogP contribution >= 0.6 is 0 Å². The molecule has 0 saturated heterocycles. The maximum absolute atomic E-state index is 13.5. The predicted octanol–water partition coefficient (Wildman–Crippen LogP) is 3.35. The molecule has 0 aliphatic heterocycles. The lowest BCUT2D eigenvalue weighted by molar-refractivity contribution is -0.139. The van der Waals surface area contributed by atoms with E-state index in [0.717, 1.165) is 11.1 Å². The van der Waals surface area contributed by atoms with Crippen LogP contribution in [0.25, 0.3) is 0 Å². The van der Waals surface area contributed by atoms with Gasteiger partial charge in [-0.3, -0.25) is 9.59 Å². The average Bonchev–Trinajstić information content (AvgIpc) is 3.05. The normalized spacial score (nSPS) is 13.4. The van der Waals surface area contributed by atoms with Crippen LogP contribution in [-0.4, -0.2) is 66.2 Å². The van der Waals surface area contributed by atoms with Crippen LogP contribution in [0.15, 0.2) is 60.7 Å². The van der Waals surface area contributed by atoms with Crippen molar-refractivity contribution in [2.45, 2.75) is 90.1 Å². The molecule has 47 heavy (non-hydrogen) atoms. The fourth-order valence-electron chi connectivity index (χ4n) is 4.73. The van der Waals surface area contributed by atoms with E-state index in [1.807, 2.05) is 67.6 Å². The Morgan fingerprint density at radius 2 is 1.34 bits per heavy atom. The van der Waals surface area contributed by atoms with Crippen LogP contribution in [0, 0.1) is 5.92 Å². The van der Waals surface area contributed by atoms with Gasteiger partial charge in [0, 0.05) is 6.54 Å². The number of carboxylic acids is 1. The number of carbonyl (C=O) groups excluding carboxylic acids is 4. The van der Waals surface area contributed by atoms with Gasteiger partial charge in [0.05, 0.1) is 6.04 Å². The van der Waals surface area contributed by atoms with Crippen molar-refractivity contribution in [3.63, 3.8) is 0 Å². The molecule has 8 N–H and O–H groups in total. The maximum atomic E-state index is 13.5. The van der Waals surface area contributed by atoms with Gasteiger partial charge in [-0.15, -0.1) is 0 Å². The number of nitrogens with two attached hydrogens (primary N) is 1. The number of nitrogens with one attached hydrogen (secondary N) is 5. The molecule has 0 bridgehead atoms. The van der Waals surface area contributed by atoms with Crippen molar-refractivity contribution in [3.8, 4) is 0 Å². The molecule has 258 valence electrons. The van der Waals surface area contributed by atoms with Crippen LogP contribution in [0.2, 0.25) is 0 Å². The number of benzene rings is 2. The van der Waals surface area contributed by atoms with Crippen molar-refractivity contribution >= 4 is 29.9 Å². The van der Waals surface area contributed by atoms with Gasteiger partial charge < -0.3 is 42.2 Å². The molecule has 0 radical (unpaired) electrons. The first-order chi connectivity index (χ1) is 22.5. The summed E-state index contributed by atoms with van der Waals surface area (Å²) in [5, 5.41) is 23.0. The summed E-state index contributed by atoms with van der Waals surface area (Å²) < 4.78 is 5.21. The Kier molecular flexibility index (Phi) is 17.4. The van der Waals surface area contributed by atoms with Gasteiger partial charge in [-0.25, -0.2) is 14.4 Å². The fourth-order valence-corrected chi connectivity index (χ4v) is 4.73. The number of carbonyl (C=O) groups is 5. The molecule has 2 rings (SSSR count). The molecule has 0 aliphatic carbocycles. The Morgan fingerprint density at radius 3 is 1.96 bits per heavy atom. The number of hydrogen-bond acceptors (Lipinski definition) is 7. The van der Waals surface area contributed by atoms with E-state index in [1.54, 1.807) is 13.8 Å². The first-order valence-electron chi connectivity index (χ1n) is 16.1. The molecule has 5 amide bonds. The van der Waals surface area contributed by atoms with Crippen LogP contribution in [0.5, 0.6) is 0 Å². The van der Waals surface area contributed by atoms with E-state index in [2.05, 4.69) is 26.6 Å². The zero-order valence-electron chi connectivity index (χ0n) is 27.5. The van der Waals surface area contributed by atoms with Crippen LogP contribution in [0.4, 0.5) is 9.59 Å². The van der Waals surface area contributed by atoms with Crippen molar-refractivity contribution in [2.24, 2.45) is 11.7 Å². The second-order valence-electron chi connectivity index (χ2n) is 11.7. The smallest absolute Gasteiger partial charge is 0.407 e. The maximum Gasteiger partial charge on any atom is 0.407 e. The zero-order chi connectivity index (χ0) is 34.6. The van der Waals surface area contributed by atoms with Gasteiger partial charge in [0.15, 0.2) is 0 Å². The van der Waals surface area contributed by atoms with Crippen molar-refractivity contribution in [3.05, 3.63) is 71.8 Å². The molecule has 0 unspecified atom stereocenters. The highest BCUT2D eigenvalue weighted by Crippen LogP contribution is 2.13. The minimum Gasteiger partial charge on any atom is -0.480 e. The minimum absolute atomic E-state index is 0.131. The number of rotatable bonds is 20. The first-order valence-corrected chi connectivity index (χ1v) is 16.1. The summed E-state index contributed by atoms with van der Waals surface area (Å²) in [6.07, 6.45) is 1.76. The molecule has 2 aromatic carbocycles. The molecular weight excluding hydrogens is 604 g/mol. The third-order valence-electron chi connectivity index (χ3n) is 7.48. The number of unbranched alkanes of at least 4 members (excludes halogenated alkanes) is 2. The van der Waals surface area contributed by atoms with E-state index in [0.29, 0.717) is 32.2 Å². The molecule has 0 saturated carbocycles. The van der Waals surface area contributed by atoms with Crippen molar-refractivity contribution in [1.82, 2.24) is 26.6 Å². The molecule has 0 spiro atoms. The number of carboxylic acid groups (broad SMARTS) is 1. The highest BCUT2D eigenvalue weighted by molar-refractivity contribution is 5.92. The van der Waals surface area contributed by atoms with Gasteiger partial charge in [0.25, 0.3) is 0 Å². The van der Waals surface area contributed by atoms with E-state index in [-0.39, 0.29) is 43.9 Å². The first kappa shape index (κ1) is 38.5. The third-order valence-corrected chi connectivity index (χ3v) is 7.48. The minimum atomic E-state index is -1.20. The van der Waals surface area contributed by atoms with Crippen LogP contribution in [0.3, 0.4) is 0 Å². The van der Waals surface area contributed by atoms with Crippen molar-refractivity contribution in [1.29, 1.82) is 0 Å². The molecule has 4 atom stereocenters. The quantitative estimate of drug-likeness (QED) is 0.105. The summed E-state index contributed by atoms with van der Waals surface area (Å²) in [6.45, 7) is 6.24. The lowest BCUT2D eigenvalue weighted by Crippen LogP contribution is -2.57. The lowest BCUT2D eigenvalue weighted by Gasteiger charge is -2.27. The molecule has 0 heterocycles. The van der Waals surface area contributed by atoms with E-state index in [9.17, 15) is 29.1 Å². The van der Waals surface area contributed by atoms with Crippen molar-refractivity contribution in [2.75, 3.05) is 13.1 Å². The molecule has 13 heteroatoms. The molecule has 0 aromatic heterocycles. The summed E-state index contributed by atoms with van der Waals surface area (Å²) in [4.78, 5) is 63.5. The highest BCUT2D eigenvalue weighted by Gasteiger charge is 2.30. The number of aliphatic carboxylic acids is 1. The number of alkyl carbamates (subject to hydrolysis) is 1. The Bertz CT molecular complexity index is 1260. The van der Waals surface area contributed by atoms with Gasteiger partial charge in [-0.05, 0) is 69.0 Å². The Hall–Kier alpha value is -4.65. The molecule has 0 aliphatic rings. The van der Waals surface area contributed by atoms with E-state index >= 15 is 0 Å². The summed E-state index contributed by atoms with van der Waals surface area (Å²) in [5.41, 5.74) is 7.26. The second kappa shape index (κ2) is 21.2. The van der Waals surface area contributed by atoms with Crippen LogP contribution in [-0.2, 0) is 25.7 Å². The average molecular weight is 655 g/mol. The SMILES string of the molecule is CC(C)[C@H](NC(=O)[C@@H](CCCCNC(=O)OCc1ccccc1)NC(=O)N[C@@H](CCCCN)C(=O)O)C(=O)N[C@H](C)c1ccccc1. The highest BCUT2D eigenvalue weighted by atomic mass is 16.5. The lowest BCUT2D eigenvalue weighted by atomic mass is 10.0. The molecule has 13 nitrogen and oxygen atoms in total. The zero-order valence-corrected chi connectivity index (χ0v) is 27.5. The topological polar surface area (TPSA) is 201 Å². The van der Waals surface area contributed by atoms with Gasteiger partial charge in [0.1, 0.15) is 24.7 Å². The molecule has 0 fully saturated rings. The largest absolute Gasteiger partial charge is 0.480 e. The number of hydrogen-bond donors (Lipinski definition) is 7. The molecule has 2 aromatic rings. The van der Waals surface area contributed by atoms with Gasteiger partial charge in [0.2, 0.25) is 11.8 Å². The summed E-state index contributed by atoms with van der Waals surface area (Å²) >= 11 is 0. The number of amides is 5. The Balaban J connectivity index is 2.02. The Morgan fingerprint density at radius 1 is 0.745 bits per heavy atom. The summed E-state index contributed by atoms with van der Waals surface area (Å²) in [6, 6.07) is 14.4. The van der Waals surface area contributed by atoms with Gasteiger partial charge in [-0.1, -0.05) is 74.5 Å². The predicted molar refractivity (Wildman–Crippen MR) is 178 cm³/mol. The van der Waals surface area contributed by atoms with Gasteiger partial charge >= 0.3 is 18.1 Å². The van der Waals surface area contributed by atoms with Crippen LogP contribution in [0.1, 0.15) is 76.5 Å². The van der Waals surface area contributed by atoms with E-state index in [1.165, 1.54) is 0 Å².